The van der Waals surface area contributed by atoms with Gasteiger partial charge in [0.1, 0.15) is 0 Å². The summed E-state index contributed by atoms with van der Waals surface area (Å²) < 4.78 is 9.51. The Balaban J connectivity index is 3.72. The fraction of sp³-hybridized carbons (Fsp3) is 0.818. The zero-order valence-electron chi connectivity index (χ0n) is 10.1. The number of rotatable bonds is 4. The minimum absolute atomic E-state index is 0.246. The fourth-order valence-electron chi connectivity index (χ4n) is 0.757. The van der Waals surface area contributed by atoms with Crippen molar-refractivity contribution in [3.63, 3.8) is 0 Å². The van der Waals surface area contributed by atoms with E-state index in [4.69, 9.17) is 9.47 Å². The summed E-state index contributed by atoms with van der Waals surface area (Å²) in [5, 5.41) is 0. The zero-order chi connectivity index (χ0) is 12.1. The van der Waals surface area contributed by atoms with Crippen molar-refractivity contribution >= 4 is 11.9 Å². The molecule has 0 aromatic heterocycles. The van der Waals surface area contributed by atoms with Crippen molar-refractivity contribution < 1.29 is 19.1 Å². The average molecular weight is 216 g/mol. The number of ether oxygens (including phenoxy) is 2. The second-order valence-corrected chi connectivity index (χ2v) is 4.91. The third-order valence-corrected chi connectivity index (χ3v) is 1.60. The van der Waals surface area contributed by atoms with Crippen molar-refractivity contribution in [1.82, 2.24) is 0 Å². The lowest BCUT2D eigenvalue weighted by molar-refractivity contribution is -0.173. The summed E-state index contributed by atoms with van der Waals surface area (Å²) in [6.45, 7) is 8.77. The summed E-state index contributed by atoms with van der Waals surface area (Å²) in [4.78, 5) is 22.3. The van der Waals surface area contributed by atoms with Gasteiger partial charge in [0.05, 0.1) is 5.41 Å². The Hall–Kier alpha value is -1.06. The first-order valence-electron chi connectivity index (χ1n) is 5.06. The summed E-state index contributed by atoms with van der Waals surface area (Å²) in [6.07, 6.45) is 0.340. The van der Waals surface area contributed by atoms with Gasteiger partial charge in [-0.15, -0.1) is 0 Å². The van der Waals surface area contributed by atoms with Crippen molar-refractivity contribution in [3.8, 4) is 0 Å². The van der Waals surface area contributed by atoms with E-state index in [2.05, 4.69) is 0 Å². The maximum atomic E-state index is 11.3. The van der Waals surface area contributed by atoms with Gasteiger partial charge in [0.25, 0.3) is 0 Å². The zero-order valence-corrected chi connectivity index (χ0v) is 10.1. The first-order chi connectivity index (χ1) is 6.73. The molecular weight excluding hydrogens is 196 g/mol. The van der Waals surface area contributed by atoms with Crippen LogP contribution in [0.15, 0.2) is 0 Å². The van der Waals surface area contributed by atoms with Crippen molar-refractivity contribution in [2.45, 2.75) is 41.0 Å². The largest absolute Gasteiger partial charge is 0.428 e. The maximum absolute atomic E-state index is 11.3. The van der Waals surface area contributed by atoms with Gasteiger partial charge in [-0.25, -0.2) is 0 Å². The second-order valence-electron chi connectivity index (χ2n) is 4.91. The van der Waals surface area contributed by atoms with E-state index in [1.54, 1.807) is 20.8 Å². The molecule has 0 rings (SSSR count). The fourth-order valence-corrected chi connectivity index (χ4v) is 0.757. The number of carbonyl (C=O) groups is 2. The Labute approximate surface area is 90.9 Å². The maximum Gasteiger partial charge on any atom is 0.314 e. The van der Waals surface area contributed by atoms with Crippen LogP contribution in [0.25, 0.3) is 0 Å². The van der Waals surface area contributed by atoms with Gasteiger partial charge in [0, 0.05) is 6.42 Å². The van der Waals surface area contributed by atoms with Crippen molar-refractivity contribution in [1.29, 1.82) is 0 Å². The van der Waals surface area contributed by atoms with E-state index in [9.17, 15) is 9.59 Å². The Morgan fingerprint density at radius 1 is 1.13 bits per heavy atom. The molecule has 0 N–H and O–H groups in total. The highest BCUT2D eigenvalue weighted by Gasteiger charge is 2.23. The van der Waals surface area contributed by atoms with E-state index in [1.165, 1.54) is 0 Å². The van der Waals surface area contributed by atoms with E-state index in [0.29, 0.717) is 6.42 Å². The van der Waals surface area contributed by atoms with Gasteiger partial charge in [0.15, 0.2) is 0 Å². The monoisotopic (exact) mass is 216 g/mol. The van der Waals surface area contributed by atoms with Crippen molar-refractivity contribution in [3.05, 3.63) is 0 Å². The molecule has 0 aromatic rings. The Kier molecular flexibility index (Phi) is 5.33. The lowest BCUT2D eigenvalue weighted by atomic mass is 9.98. The first-order valence-corrected chi connectivity index (χ1v) is 5.06. The molecule has 0 saturated heterocycles. The molecule has 4 heteroatoms. The van der Waals surface area contributed by atoms with Crippen molar-refractivity contribution in [2.24, 2.45) is 11.3 Å². The van der Waals surface area contributed by atoms with Crippen LogP contribution in [-0.4, -0.2) is 18.7 Å². The minimum Gasteiger partial charge on any atom is -0.428 e. The second kappa shape index (κ2) is 5.73. The summed E-state index contributed by atoms with van der Waals surface area (Å²) in [5.74, 6) is -0.470. The van der Waals surface area contributed by atoms with Crippen LogP contribution in [0.4, 0.5) is 0 Å². The quantitative estimate of drug-likeness (QED) is 0.533. The van der Waals surface area contributed by atoms with Gasteiger partial charge in [-0.3, -0.25) is 9.59 Å². The molecule has 0 spiro atoms. The molecule has 0 bridgehead atoms. The topological polar surface area (TPSA) is 52.6 Å². The van der Waals surface area contributed by atoms with Crippen molar-refractivity contribution in [2.75, 3.05) is 6.79 Å². The molecule has 0 aliphatic rings. The highest BCUT2D eigenvalue weighted by atomic mass is 16.7. The summed E-state index contributed by atoms with van der Waals surface area (Å²) in [5.41, 5.74) is -0.565. The predicted octanol–water partition coefficient (Wildman–Crippen LogP) is 2.12. The molecule has 0 aromatic carbocycles. The summed E-state index contributed by atoms with van der Waals surface area (Å²) in [6, 6.07) is 0. The van der Waals surface area contributed by atoms with Crippen LogP contribution in [0.2, 0.25) is 0 Å². The molecule has 0 aliphatic carbocycles. The molecule has 0 amide bonds. The van der Waals surface area contributed by atoms with Crippen LogP contribution >= 0.6 is 0 Å². The normalized spacial score (nSPS) is 11.3. The predicted molar refractivity (Wildman–Crippen MR) is 56.0 cm³/mol. The number of esters is 2. The standard InChI is InChI=1S/C11H20O4/c1-8(2)6-9(12)14-7-15-10(13)11(3,4)5/h8H,6-7H2,1-5H3. The Morgan fingerprint density at radius 3 is 2.07 bits per heavy atom. The molecular formula is C11H20O4. The van der Waals surface area contributed by atoms with Crippen LogP contribution in [0, 0.1) is 11.3 Å². The van der Waals surface area contributed by atoms with Crippen LogP contribution < -0.4 is 0 Å². The molecule has 0 aliphatic heterocycles. The van der Waals surface area contributed by atoms with E-state index in [-0.39, 0.29) is 24.6 Å². The van der Waals surface area contributed by atoms with Crippen LogP contribution in [0.5, 0.6) is 0 Å². The van der Waals surface area contributed by atoms with E-state index in [0.717, 1.165) is 0 Å². The number of hydrogen-bond acceptors (Lipinski definition) is 4. The molecule has 0 atom stereocenters. The van der Waals surface area contributed by atoms with E-state index in [1.807, 2.05) is 13.8 Å². The van der Waals surface area contributed by atoms with Crippen LogP contribution in [-0.2, 0) is 19.1 Å². The molecule has 0 saturated carbocycles. The molecule has 15 heavy (non-hydrogen) atoms. The number of carbonyl (C=O) groups excluding carboxylic acids is 2. The lowest BCUT2D eigenvalue weighted by Gasteiger charge is -2.16. The molecule has 4 nitrogen and oxygen atoms in total. The molecule has 0 fully saturated rings. The van der Waals surface area contributed by atoms with Gasteiger partial charge >= 0.3 is 11.9 Å². The molecule has 0 unspecified atom stereocenters. The van der Waals surface area contributed by atoms with Gasteiger partial charge in [-0.1, -0.05) is 13.8 Å². The Morgan fingerprint density at radius 2 is 1.67 bits per heavy atom. The molecule has 0 heterocycles. The van der Waals surface area contributed by atoms with Crippen LogP contribution in [0.3, 0.4) is 0 Å². The third kappa shape index (κ3) is 6.94. The van der Waals surface area contributed by atoms with Crippen LogP contribution in [0.1, 0.15) is 41.0 Å². The molecule has 88 valence electrons. The smallest absolute Gasteiger partial charge is 0.314 e. The van der Waals surface area contributed by atoms with Gasteiger partial charge in [0.2, 0.25) is 6.79 Å². The number of hydrogen-bond donors (Lipinski definition) is 0. The Bertz CT molecular complexity index is 225. The minimum atomic E-state index is -0.565. The van der Waals surface area contributed by atoms with Gasteiger partial charge in [-0.2, -0.15) is 0 Å². The SMILES string of the molecule is CC(C)CC(=O)OCOC(=O)C(C)(C)C. The summed E-state index contributed by atoms with van der Waals surface area (Å²) >= 11 is 0. The highest BCUT2D eigenvalue weighted by molar-refractivity contribution is 5.75. The summed E-state index contributed by atoms with van der Waals surface area (Å²) in [7, 11) is 0. The van der Waals surface area contributed by atoms with E-state index < -0.39 is 5.41 Å². The van der Waals surface area contributed by atoms with Gasteiger partial charge < -0.3 is 9.47 Å². The van der Waals surface area contributed by atoms with Gasteiger partial charge in [-0.05, 0) is 26.7 Å². The molecule has 0 radical (unpaired) electrons. The highest BCUT2D eigenvalue weighted by Crippen LogP contribution is 2.14. The third-order valence-electron chi connectivity index (χ3n) is 1.60. The average Bonchev–Trinajstić information content (AvgIpc) is 2.00. The first kappa shape index (κ1) is 13.9. The van der Waals surface area contributed by atoms with E-state index >= 15 is 0 Å². The lowest BCUT2D eigenvalue weighted by Crippen LogP contribution is -2.24.